The van der Waals surface area contributed by atoms with Crippen LogP contribution in [0.15, 0.2) is 70.7 Å². The summed E-state index contributed by atoms with van der Waals surface area (Å²) in [6, 6.07) is 12.8. The van der Waals surface area contributed by atoms with Gasteiger partial charge in [0.25, 0.3) is 0 Å². The van der Waals surface area contributed by atoms with Gasteiger partial charge in [-0.3, -0.25) is 14.5 Å². The lowest BCUT2D eigenvalue weighted by Crippen LogP contribution is -2.45. The van der Waals surface area contributed by atoms with Crippen molar-refractivity contribution >= 4 is 56.0 Å². The van der Waals surface area contributed by atoms with Crippen LogP contribution in [0.5, 0.6) is 0 Å². The van der Waals surface area contributed by atoms with Crippen LogP contribution in [-0.4, -0.2) is 33.7 Å². The minimum Gasteiger partial charge on any atom is -0.325 e. The van der Waals surface area contributed by atoms with Gasteiger partial charge in [0.15, 0.2) is 5.17 Å². The average molecular weight is 462 g/mol. The Kier molecular flexibility index (Phi) is 6.64. The third-order valence-corrected chi connectivity index (χ3v) is 5.62. The number of benzene rings is 2. The summed E-state index contributed by atoms with van der Waals surface area (Å²) in [5, 5.41) is 2.60. The highest BCUT2D eigenvalue weighted by atomic mass is 79.9. The molecule has 1 N–H and O–H groups in total. The minimum absolute atomic E-state index is 0.0588. The van der Waals surface area contributed by atoms with Crippen molar-refractivity contribution < 1.29 is 14.0 Å². The maximum absolute atomic E-state index is 13.1. The van der Waals surface area contributed by atoms with E-state index in [4.69, 9.17) is 0 Å². The Balaban J connectivity index is 1.81. The SMILES string of the molecule is C=CCN1C(=O)C[C@H](C(=O)Nc2ccc(Br)cc2)SC1=Nc1ccc(F)cc1. The van der Waals surface area contributed by atoms with Crippen LogP contribution in [0.4, 0.5) is 15.8 Å². The molecule has 1 aliphatic rings. The van der Waals surface area contributed by atoms with Crippen molar-refractivity contribution in [1.29, 1.82) is 0 Å². The van der Waals surface area contributed by atoms with Gasteiger partial charge in [-0.1, -0.05) is 33.8 Å². The van der Waals surface area contributed by atoms with Gasteiger partial charge >= 0.3 is 0 Å². The summed E-state index contributed by atoms with van der Waals surface area (Å²) >= 11 is 4.55. The lowest BCUT2D eigenvalue weighted by Gasteiger charge is -2.31. The van der Waals surface area contributed by atoms with E-state index in [1.165, 1.54) is 40.9 Å². The molecule has 28 heavy (non-hydrogen) atoms. The molecule has 2 amide bonds. The highest BCUT2D eigenvalue weighted by molar-refractivity contribution is 9.10. The van der Waals surface area contributed by atoms with Gasteiger partial charge in [0.2, 0.25) is 11.8 Å². The van der Waals surface area contributed by atoms with Gasteiger partial charge in [0, 0.05) is 23.1 Å². The predicted molar refractivity (Wildman–Crippen MR) is 114 cm³/mol. The van der Waals surface area contributed by atoms with Crippen LogP contribution >= 0.6 is 27.7 Å². The number of carbonyl (C=O) groups is 2. The van der Waals surface area contributed by atoms with E-state index >= 15 is 0 Å². The van der Waals surface area contributed by atoms with Crippen molar-refractivity contribution in [2.75, 3.05) is 11.9 Å². The van der Waals surface area contributed by atoms with Gasteiger partial charge in [0.1, 0.15) is 11.1 Å². The number of anilines is 1. The van der Waals surface area contributed by atoms with E-state index in [2.05, 4.69) is 32.8 Å². The van der Waals surface area contributed by atoms with Crippen molar-refractivity contribution in [3.63, 3.8) is 0 Å². The molecule has 0 spiro atoms. The fourth-order valence-electron chi connectivity index (χ4n) is 2.53. The fourth-order valence-corrected chi connectivity index (χ4v) is 3.90. The van der Waals surface area contributed by atoms with E-state index in [0.29, 0.717) is 16.5 Å². The zero-order chi connectivity index (χ0) is 20.1. The Morgan fingerprint density at radius 3 is 2.61 bits per heavy atom. The lowest BCUT2D eigenvalue weighted by atomic mass is 10.2. The van der Waals surface area contributed by atoms with E-state index in [0.717, 1.165) is 4.47 Å². The second-order valence-electron chi connectivity index (χ2n) is 5.97. The Bertz CT molecular complexity index is 916. The van der Waals surface area contributed by atoms with Gasteiger partial charge in [0.05, 0.1) is 5.69 Å². The highest BCUT2D eigenvalue weighted by Crippen LogP contribution is 2.30. The van der Waals surface area contributed by atoms with Gasteiger partial charge in [-0.25, -0.2) is 9.38 Å². The molecule has 2 aromatic carbocycles. The molecule has 1 saturated heterocycles. The normalized spacial score (nSPS) is 18.2. The first-order valence-electron chi connectivity index (χ1n) is 8.45. The number of carbonyl (C=O) groups excluding carboxylic acids is 2. The maximum Gasteiger partial charge on any atom is 0.238 e. The number of nitrogens with zero attached hydrogens (tertiary/aromatic N) is 2. The number of amidine groups is 1. The zero-order valence-electron chi connectivity index (χ0n) is 14.8. The number of aliphatic imine (C=N–C) groups is 1. The van der Waals surface area contributed by atoms with E-state index in [9.17, 15) is 14.0 Å². The smallest absolute Gasteiger partial charge is 0.238 e. The summed E-state index contributed by atoms with van der Waals surface area (Å²) in [6.45, 7) is 3.95. The summed E-state index contributed by atoms with van der Waals surface area (Å²) in [7, 11) is 0. The molecular weight excluding hydrogens is 445 g/mol. The largest absolute Gasteiger partial charge is 0.325 e. The van der Waals surface area contributed by atoms with Gasteiger partial charge in [-0.2, -0.15) is 0 Å². The minimum atomic E-state index is -0.614. The number of thioether (sulfide) groups is 1. The second-order valence-corrected chi connectivity index (χ2v) is 8.06. The topological polar surface area (TPSA) is 61.8 Å². The Morgan fingerprint density at radius 2 is 1.96 bits per heavy atom. The highest BCUT2D eigenvalue weighted by Gasteiger charge is 2.35. The number of rotatable bonds is 5. The van der Waals surface area contributed by atoms with Crippen LogP contribution in [0.1, 0.15) is 6.42 Å². The molecule has 5 nitrogen and oxygen atoms in total. The molecule has 1 heterocycles. The zero-order valence-corrected chi connectivity index (χ0v) is 17.2. The van der Waals surface area contributed by atoms with Crippen LogP contribution in [0.3, 0.4) is 0 Å². The molecule has 0 aromatic heterocycles. The molecule has 1 fully saturated rings. The van der Waals surface area contributed by atoms with E-state index in [1.54, 1.807) is 18.2 Å². The van der Waals surface area contributed by atoms with Crippen LogP contribution in [0.25, 0.3) is 0 Å². The number of hydrogen-bond acceptors (Lipinski definition) is 4. The average Bonchev–Trinajstić information content (AvgIpc) is 2.68. The summed E-state index contributed by atoms with van der Waals surface area (Å²) in [5.74, 6) is -0.854. The summed E-state index contributed by atoms with van der Waals surface area (Å²) in [4.78, 5) is 31.2. The predicted octanol–water partition coefficient (Wildman–Crippen LogP) is 4.73. The van der Waals surface area contributed by atoms with Crippen molar-refractivity contribution in [1.82, 2.24) is 4.90 Å². The summed E-state index contributed by atoms with van der Waals surface area (Å²) in [5.41, 5.74) is 1.14. The lowest BCUT2D eigenvalue weighted by molar-refractivity contribution is -0.129. The third-order valence-electron chi connectivity index (χ3n) is 3.91. The van der Waals surface area contributed by atoms with Crippen molar-refractivity contribution in [3.05, 3.63) is 71.5 Å². The van der Waals surface area contributed by atoms with Gasteiger partial charge < -0.3 is 5.32 Å². The van der Waals surface area contributed by atoms with Gasteiger partial charge in [-0.15, -0.1) is 6.58 Å². The fraction of sp³-hybridized carbons (Fsp3) is 0.150. The molecule has 144 valence electrons. The quantitative estimate of drug-likeness (QED) is 0.654. The molecule has 2 aromatic rings. The van der Waals surface area contributed by atoms with E-state index in [-0.39, 0.29) is 30.6 Å². The monoisotopic (exact) mass is 461 g/mol. The van der Waals surface area contributed by atoms with E-state index < -0.39 is 5.25 Å². The van der Waals surface area contributed by atoms with Gasteiger partial charge in [-0.05, 0) is 48.5 Å². The van der Waals surface area contributed by atoms with Crippen molar-refractivity contribution in [2.24, 2.45) is 4.99 Å². The molecule has 3 rings (SSSR count). The first kappa shape index (κ1) is 20.3. The number of amides is 2. The molecule has 8 heteroatoms. The number of nitrogens with one attached hydrogen (secondary N) is 1. The van der Waals surface area contributed by atoms with Crippen LogP contribution in [0, 0.1) is 5.82 Å². The standard InChI is InChI=1S/C20H17BrFN3O2S/c1-2-11-25-18(26)12-17(19(27)23-15-7-3-13(21)4-8-15)28-20(25)24-16-9-5-14(22)6-10-16/h2-10,17H,1,11-12H2,(H,23,27)/t17-/m1/s1. The Morgan fingerprint density at radius 1 is 1.29 bits per heavy atom. The molecular formula is C20H17BrFN3O2S. The Labute approximate surface area is 174 Å². The number of hydrogen-bond donors (Lipinski definition) is 1. The summed E-state index contributed by atoms with van der Waals surface area (Å²) in [6.07, 6.45) is 1.66. The maximum atomic E-state index is 13.1. The van der Waals surface area contributed by atoms with Crippen LogP contribution < -0.4 is 5.32 Å². The molecule has 0 unspecified atom stereocenters. The molecule has 0 bridgehead atoms. The van der Waals surface area contributed by atoms with Crippen LogP contribution in [-0.2, 0) is 9.59 Å². The second kappa shape index (κ2) is 9.16. The molecule has 0 aliphatic carbocycles. The Hall–Kier alpha value is -2.45. The third kappa shape index (κ3) is 5.08. The first-order valence-corrected chi connectivity index (χ1v) is 10.1. The van der Waals surface area contributed by atoms with E-state index in [1.807, 2.05) is 12.1 Å². The molecule has 1 atom stereocenters. The molecule has 0 saturated carbocycles. The summed E-state index contributed by atoms with van der Waals surface area (Å²) < 4.78 is 14.0. The number of halogens is 2. The first-order chi connectivity index (χ1) is 13.5. The molecule has 1 aliphatic heterocycles. The molecule has 0 radical (unpaired) electrons. The van der Waals surface area contributed by atoms with Crippen LogP contribution in [0.2, 0.25) is 0 Å². The van der Waals surface area contributed by atoms with Crippen molar-refractivity contribution in [3.8, 4) is 0 Å². The van der Waals surface area contributed by atoms with Crippen molar-refractivity contribution in [2.45, 2.75) is 11.7 Å².